The summed E-state index contributed by atoms with van der Waals surface area (Å²) in [5, 5.41) is 3.17. The summed E-state index contributed by atoms with van der Waals surface area (Å²) in [6, 6.07) is 0. The minimum Gasteiger partial charge on any atom is -0.348 e. The average molecular weight is 220 g/mol. The van der Waals surface area contributed by atoms with Gasteiger partial charge in [0.25, 0.3) is 0 Å². The van der Waals surface area contributed by atoms with Gasteiger partial charge in [0.15, 0.2) is 0 Å². The topological polar surface area (TPSA) is 53.1 Å². The van der Waals surface area contributed by atoms with Crippen LogP contribution >= 0.6 is 0 Å². The Labute approximate surface area is 95.5 Å². The van der Waals surface area contributed by atoms with Crippen LogP contribution in [0.3, 0.4) is 0 Å². The lowest BCUT2D eigenvalue weighted by Gasteiger charge is -2.27. The zero-order valence-corrected chi connectivity index (χ0v) is 9.77. The Balaban J connectivity index is 2.04. The quantitative estimate of drug-likeness (QED) is 0.710. The zero-order chi connectivity index (χ0) is 11.4. The van der Waals surface area contributed by atoms with Gasteiger partial charge in [-0.2, -0.15) is 0 Å². The van der Waals surface area contributed by atoms with Crippen molar-refractivity contribution in [3.63, 3.8) is 0 Å². The molecule has 5 nitrogen and oxygen atoms in total. The summed E-state index contributed by atoms with van der Waals surface area (Å²) >= 11 is 0. The normalized spacial score (nSPS) is 23.8. The monoisotopic (exact) mass is 220 g/mol. The molecule has 1 aromatic heterocycles. The van der Waals surface area contributed by atoms with E-state index in [9.17, 15) is 0 Å². The Kier molecular flexibility index (Phi) is 3.17. The highest BCUT2D eigenvalue weighted by Gasteiger charge is 2.30. The molecule has 2 heterocycles. The number of hydrogen-bond donors (Lipinski definition) is 2. The number of nitrogens with zero attached hydrogens (tertiary/aromatic N) is 3. The number of hydrogen-bond acceptors (Lipinski definition) is 3. The van der Waals surface area contributed by atoms with E-state index in [-0.39, 0.29) is 0 Å². The van der Waals surface area contributed by atoms with Gasteiger partial charge in [0.1, 0.15) is 25.0 Å². The summed E-state index contributed by atoms with van der Waals surface area (Å²) in [5.74, 6) is 2.10. The maximum absolute atomic E-state index is 4.44. The molecule has 0 aromatic carbocycles. The number of aromatic amines is 1. The Morgan fingerprint density at radius 1 is 1.50 bits per heavy atom. The third kappa shape index (κ3) is 2.20. The van der Waals surface area contributed by atoms with Crippen LogP contribution in [0.4, 0.5) is 0 Å². The van der Waals surface area contributed by atoms with Gasteiger partial charge in [-0.3, -0.25) is 4.48 Å². The molecule has 1 aliphatic heterocycles. The van der Waals surface area contributed by atoms with Gasteiger partial charge < -0.3 is 10.3 Å². The van der Waals surface area contributed by atoms with Gasteiger partial charge in [0, 0.05) is 18.9 Å². The van der Waals surface area contributed by atoms with Crippen molar-refractivity contribution in [3.8, 4) is 0 Å². The minimum atomic E-state index is 0.765. The summed E-state index contributed by atoms with van der Waals surface area (Å²) in [7, 11) is 4.14. The standard InChI is InChI=1S/C11H18N5/c1-12-5-7-16(2)8-6-15-11(16)9-10-13-3-4-14-10/h3-4,6,8,12H,5,7,9H2,1-2H3,(H,13,14)/q+1. The van der Waals surface area contributed by atoms with Crippen LogP contribution in [0.1, 0.15) is 5.82 Å². The predicted octanol–water partition coefficient (Wildman–Crippen LogP) is 0.501. The molecule has 0 fully saturated rings. The number of aliphatic imine (C=N–C) groups is 1. The lowest BCUT2D eigenvalue weighted by Crippen LogP contribution is -2.47. The van der Waals surface area contributed by atoms with Crippen molar-refractivity contribution >= 4 is 5.84 Å². The molecule has 0 saturated carbocycles. The highest BCUT2D eigenvalue weighted by atomic mass is 15.4. The molecule has 0 amide bonds. The fourth-order valence-electron chi connectivity index (χ4n) is 1.80. The van der Waals surface area contributed by atoms with E-state index in [1.807, 2.05) is 19.4 Å². The first kappa shape index (κ1) is 11.0. The fraction of sp³-hybridized carbons (Fsp3) is 0.455. The summed E-state index contributed by atoms with van der Waals surface area (Å²) in [5.41, 5.74) is 0. The van der Waals surface area contributed by atoms with E-state index in [0.29, 0.717) is 0 Å². The van der Waals surface area contributed by atoms with E-state index in [1.54, 1.807) is 6.20 Å². The third-order valence-electron chi connectivity index (χ3n) is 2.92. The van der Waals surface area contributed by atoms with Gasteiger partial charge in [-0.25, -0.2) is 9.98 Å². The number of nitrogens with one attached hydrogen (secondary N) is 2. The first-order valence-electron chi connectivity index (χ1n) is 5.47. The van der Waals surface area contributed by atoms with Crippen molar-refractivity contribution in [1.29, 1.82) is 0 Å². The van der Waals surface area contributed by atoms with E-state index in [1.165, 1.54) is 0 Å². The first-order valence-corrected chi connectivity index (χ1v) is 5.47. The van der Waals surface area contributed by atoms with Gasteiger partial charge in [-0.05, 0) is 7.05 Å². The second-order valence-electron chi connectivity index (χ2n) is 4.15. The highest BCUT2D eigenvalue weighted by Crippen LogP contribution is 2.15. The number of aromatic nitrogens is 2. The summed E-state index contributed by atoms with van der Waals surface area (Å²) in [6.45, 7) is 1.98. The van der Waals surface area contributed by atoms with Crippen LogP contribution in [0.15, 0.2) is 29.8 Å². The number of amidine groups is 1. The van der Waals surface area contributed by atoms with Crippen LogP contribution in [0, 0.1) is 0 Å². The van der Waals surface area contributed by atoms with Gasteiger partial charge in [-0.15, -0.1) is 0 Å². The molecule has 0 saturated heterocycles. The number of imidazole rings is 1. The van der Waals surface area contributed by atoms with Gasteiger partial charge in [-0.1, -0.05) is 0 Å². The Morgan fingerprint density at radius 2 is 2.38 bits per heavy atom. The smallest absolute Gasteiger partial charge is 0.215 e. The second kappa shape index (κ2) is 4.59. The number of rotatable bonds is 5. The summed E-state index contributed by atoms with van der Waals surface area (Å²) in [6.07, 6.45) is 8.40. The fourth-order valence-corrected chi connectivity index (χ4v) is 1.80. The van der Waals surface area contributed by atoms with Crippen molar-refractivity contribution in [3.05, 3.63) is 30.6 Å². The molecule has 2 rings (SSSR count). The molecular weight excluding hydrogens is 202 g/mol. The molecule has 0 bridgehead atoms. The predicted molar refractivity (Wildman–Crippen MR) is 63.8 cm³/mol. The summed E-state index contributed by atoms with van der Waals surface area (Å²) in [4.78, 5) is 11.8. The van der Waals surface area contributed by atoms with E-state index >= 15 is 0 Å². The van der Waals surface area contributed by atoms with Crippen molar-refractivity contribution < 1.29 is 4.48 Å². The second-order valence-corrected chi connectivity index (χ2v) is 4.15. The van der Waals surface area contributed by atoms with Gasteiger partial charge in [0.2, 0.25) is 5.84 Å². The molecule has 2 N–H and O–H groups in total. The molecular formula is C11H18N5+. The van der Waals surface area contributed by atoms with Crippen molar-refractivity contribution in [2.24, 2.45) is 4.99 Å². The molecule has 0 aliphatic carbocycles. The molecule has 5 heteroatoms. The molecule has 0 spiro atoms. The van der Waals surface area contributed by atoms with E-state index in [2.05, 4.69) is 33.5 Å². The number of H-pyrrole nitrogens is 1. The largest absolute Gasteiger partial charge is 0.348 e. The van der Waals surface area contributed by atoms with Crippen molar-refractivity contribution in [2.75, 3.05) is 27.2 Å². The third-order valence-corrected chi connectivity index (χ3v) is 2.92. The Bertz CT molecular complexity index is 393. The molecule has 1 unspecified atom stereocenters. The maximum Gasteiger partial charge on any atom is 0.215 e. The molecule has 86 valence electrons. The van der Waals surface area contributed by atoms with Crippen LogP contribution < -0.4 is 5.32 Å². The van der Waals surface area contributed by atoms with Crippen molar-refractivity contribution in [2.45, 2.75) is 6.42 Å². The highest BCUT2D eigenvalue weighted by molar-refractivity contribution is 5.79. The van der Waals surface area contributed by atoms with E-state index in [4.69, 9.17) is 0 Å². The van der Waals surface area contributed by atoms with Crippen LogP contribution in [-0.2, 0) is 6.42 Å². The van der Waals surface area contributed by atoms with E-state index in [0.717, 1.165) is 35.7 Å². The van der Waals surface area contributed by atoms with E-state index < -0.39 is 0 Å². The van der Waals surface area contributed by atoms with Crippen LogP contribution in [0.5, 0.6) is 0 Å². The lowest BCUT2D eigenvalue weighted by atomic mass is 10.3. The van der Waals surface area contributed by atoms with Crippen LogP contribution in [-0.4, -0.2) is 47.5 Å². The Morgan fingerprint density at radius 3 is 3.06 bits per heavy atom. The lowest BCUT2D eigenvalue weighted by molar-refractivity contribution is -0.763. The van der Waals surface area contributed by atoms with Gasteiger partial charge in [0.05, 0.1) is 13.2 Å². The summed E-state index contributed by atoms with van der Waals surface area (Å²) < 4.78 is 0.765. The molecule has 16 heavy (non-hydrogen) atoms. The Hall–Kier alpha value is -1.46. The zero-order valence-electron chi connectivity index (χ0n) is 9.77. The SMILES string of the molecule is CNCC[N+]1(C)C=CN=C1Cc1ncc[nH]1. The van der Waals surface area contributed by atoms with Crippen LogP contribution in [0.2, 0.25) is 0 Å². The first-order chi connectivity index (χ1) is 7.74. The molecule has 0 radical (unpaired) electrons. The van der Waals surface area contributed by atoms with Crippen molar-refractivity contribution in [1.82, 2.24) is 15.3 Å². The minimum absolute atomic E-state index is 0.765. The molecule has 1 aliphatic rings. The van der Waals surface area contributed by atoms with Crippen LogP contribution in [0.25, 0.3) is 0 Å². The molecule has 1 atom stereocenters. The van der Waals surface area contributed by atoms with Gasteiger partial charge >= 0.3 is 0 Å². The number of quaternary nitrogens is 1. The maximum atomic E-state index is 4.44. The molecule has 1 aromatic rings. The average Bonchev–Trinajstić information content (AvgIpc) is 2.88. The number of likely N-dealkylation sites (N-methyl/N-ethyl adjacent to an activating group) is 2.